The van der Waals surface area contributed by atoms with Crippen LogP contribution in [0.4, 0.5) is 9.18 Å². The molecule has 1 aliphatic rings. The van der Waals surface area contributed by atoms with Gasteiger partial charge in [0.15, 0.2) is 0 Å². The summed E-state index contributed by atoms with van der Waals surface area (Å²) in [7, 11) is 0. The quantitative estimate of drug-likeness (QED) is 0.695. The number of amides is 1. The molecule has 162 valence electrons. The predicted molar refractivity (Wildman–Crippen MR) is 109 cm³/mol. The van der Waals surface area contributed by atoms with E-state index in [4.69, 9.17) is 9.47 Å². The Morgan fingerprint density at radius 2 is 2.00 bits per heavy atom. The van der Waals surface area contributed by atoms with E-state index in [0.717, 1.165) is 12.8 Å². The van der Waals surface area contributed by atoms with Gasteiger partial charge in [0.2, 0.25) is 0 Å². The number of nitrogens with zero attached hydrogens (tertiary/aromatic N) is 2. The number of hydrogen-bond donors (Lipinski definition) is 1. The minimum absolute atomic E-state index is 0.0593. The second-order valence-electron chi connectivity index (χ2n) is 8.39. The van der Waals surface area contributed by atoms with Crippen molar-refractivity contribution in [3.8, 4) is 11.3 Å². The van der Waals surface area contributed by atoms with Crippen molar-refractivity contribution in [2.45, 2.75) is 65.6 Å². The van der Waals surface area contributed by atoms with Crippen molar-refractivity contribution in [2.24, 2.45) is 0 Å². The summed E-state index contributed by atoms with van der Waals surface area (Å²) in [6.45, 7) is 9.14. The molecule has 2 aromatic rings. The Morgan fingerprint density at radius 3 is 2.60 bits per heavy atom. The zero-order valence-corrected chi connectivity index (χ0v) is 18.0. The first-order valence-corrected chi connectivity index (χ1v) is 10.1. The fraction of sp³-hybridized carbons (Fsp3) is 0.500. The third-order valence-electron chi connectivity index (χ3n) is 4.73. The van der Waals surface area contributed by atoms with E-state index < -0.39 is 23.5 Å². The standard InChI is InChI=1S/C22H28FN3O4/c1-6-29-20(27)17-13(2)24-25-19(17)18-14(8-7-9-16(18)23)12-26(15-10-11-15)21(28)30-22(3,4)5/h7-9,15H,6,10-12H2,1-5H3,(H,24,25). The average Bonchev–Trinajstić information content (AvgIpc) is 3.40. The minimum Gasteiger partial charge on any atom is -0.462 e. The molecule has 7 nitrogen and oxygen atoms in total. The predicted octanol–water partition coefficient (Wildman–Crippen LogP) is 4.60. The van der Waals surface area contributed by atoms with Crippen molar-refractivity contribution in [1.29, 1.82) is 0 Å². The van der Waals surface area contributed by atoms with E-state index in [1.165, 1.54) is 6.07 Å². The van der Waals surface area contributed by atoms with E-state index in [0.29, 0.717) is 11.3 Å². The van der Waals surface area contributed by atoms with Crippen molar-refractivity contribution in [3.05, 3.63) is 40.8 Å². The van der Waals surface area contributed by atoms with Crippen LogP contribution in [0.5, 0.6) is 0 Å². The first kappa shape index (κ1) is 21.8. The van der Waals surface area contributed by atoms with E-state index >= 15 is 0 Å². The second-order valence-corrected chi connectivity index (χ2v) is 8.39. The maximum atomic E-state index is 15.0. The van der Waals surface area contributed by atoms with Gasteiger partial charge in [-0.05, 0) is 59.1 Å². The number of aryl methyl sites for hydroxylation is 1. The summed E-state index contributed by atoms with van der Waals surface area (Å²) >= 11 is 0. The topological polar surface area (TPSA) is 84.5 Å². The maximum absolute atomic E-state index is 15.0. The number of benzene rings is 1. The largest absolute Gasteiger partial charge is 0.462 e. The summed E-state index contributed by atoms with van der Waals surface area (Å²) in [6.07, 6.45) is 1.31. The van der Waals surface area contributed by atoms with Crippen molar-refractivity contribution < 1.29 is 23.5 Å². The Bertz CT molecular complexity index is 944. The fourth-order valence-corrected chi connectivity index (χ4v) is 3.28. The van der Waals surface area contributed by atoms with E-state index in [9.17, 15) is 14.0 Å². The van der Waals surface area contributed by atoms with Crippen LogP contribution in [0.25, 0.3) is 11.3 Å². The normalized spacial score (nSPS) is 13.8. The lowest BCUT2D eigenvalue weighted by Crippen LogP contribution is -2.38. The van der Waals surface area contributed by atoms with Crippen LogP contribution >= 0.6 is 0 Å². The van der Waals surface area contributed by atoms with Gasteiger partial charge in [-0.15, -0.1) is 0 Å². The Morgan fingerprint density at radius 1 is 1.30 bits per heavy atom. The Balaban J connectivity index is 2.00. The van der Waals surface area contributed by atoms with Gasteiger partial charge < -0.3 is 14.4 Å². The molecule has 0 bridgehead atoms. The SMILES string of the molecule is CCOC(=O)c1c(C)n[nH]c1-c1c(F)cccc1CN(C(=O)OC(C)(C)C)C1CC1. The van der Waals surface area contributed by atoms with Crippen molar-refractivity contribution in [3.63, 3.8) is 0 Å². The molecule has 1 aromatic carbocycles. The molecule has 1 N–H and O–H groups in total. The zero-order chi connectivity index (χ0) is 22.1. The summed E-state index contributed by atoms with van der Waals surface area (Å²) in [5, 5.41) is 6.86. The van der Waals surface area contributed by atoms with Crippen LogP contribution in [0.3, 0.4) is 0 Å². The Labute approximate surface area is 175 Å². The number of ether oxygens (including phenoxy) is 2. The summed E-state index contributed by atoms with van der Waals surface area (Å²) in [5.74, 6) is -1.08. The molecule has 3 rings (SSSR count). The number of aromatic amines is 1. The molecule has 0 unspecified atom stereocenters. The van der Waals surface area contributed by atoms with Crippen LogP contribution < -0.4 is 0 Å². The van der Waals surface area contributed by atoms with Crippen LogP contribution in [0, 0.1) is 12.7 Å². The van der Waals surface area contributed by atoms with E-state index in [1.807, 2.05) is 20.8 Å². The molecule has 1 aromatic heterocycles. The average molecular weight is 417 g/mol. The van der Waals surface area contributed by atoms with Crippen LogP contribution in [0.15, 0.2) is 18.2 Å². The highest BCUT2D eigenvalue weighted by molar-refractivity contribution is 5.97. The molecule has 0 atom stereocenters. The molecule has 1 heterocycles. The minimum atomic E-state index is -0.632. The highest BCUT2D eigenvalue weighted by Crippen LogP contribution is 2.34. The number of carbonyl (C=O) groups excluding carboxylic acids is 2. The van der Waals surface area contributed by atoms with Gasteiger partial charge in [0.05, 0.1) is 24.5 Å². The molecule has 0 radical (unpaired) electrons. The van der Waals surface area contributed by atoms with Crippen molar-refractivity contribution >= 4 is 12.1 Å². The fourth-order valence-electron chi connectivity index (χ4n) is 3.28. The number of aromatic nitrogens is 2. The van der Waals surface area contributed by atoms with Crippen LogP contribution in [-0.4, -0.2) is 45.4 Å². The third kappa shape index (κ3) is 4.80. The molecule has 1 amide bonds. The first-order chi connectivity index (χ1) is 14.1. The van der Waals surface area contributed by atoms with Crippen LogP contribution in [-0.2, 0) is 16.0 Å². The van der Waals surface area contributed by atoms with Gasteiger partial charge in [-0.1, -0.05) is 12.1 Å². The van der Waals surface area contributed by atoms with Gasteiger partial charge in [0, 0.05) is 11.6 Å². The van der Waals surface area contributed by atoms with E-state index in [-0.39, 0.29) is 36.0 Å². The molecule has 0 saturated heterocycles. The molecule has 1 saturated carbocycles. The van der Waals surface area contributed by atoms with Crippen LogP contribution in [0.1, 0.15) is 62.2 Å². The molecule has 0 spiro atoms. The maximum Gasteiger partial charge on any atom is 0.410 e. The lowest BCUT2D eigenvalue weighted by molar-refractivity contribution is 0.0216. The molecule has 1 aliphatic carbocycles. The van der Waals surface area contributed by atoms with Gasteiger partial charge >= 0.3 is 12.1 Å². The number of esters is 1. The lowest BCUT2D eigenvalue weighted by Gasteiger charge is -2.28. The summed E-state index contributed by atoms with van der Waals surface area (Å²) in [6, 6.07) is 4.70. The molecule has 1 fully saturated rings. The number of rotatable bonds is 6. The zero-order valence-electron chi connectivity index (χ0n) is 18.0. The molecule has 30 heavy (non-hydrogen) atoms. The Hall–Kier alpha value is -2.90. The summed E-state index contributed by atoms with van der Waals surface area (Å²) in [4.78, 5) is 26.8. The first-order valence-electron chi connectivity index (χ1n) is 10.1. The number of nitrogens with one attached hydrogen (secondary N) is 1. The number of H-pyrrole nitrogens is 1. The monoisotopic (exact) mass is 417 g/mol. The summed E-state index contributed by atoms with van der Waals surface area (Å²) in [5.41, 5.74) is 0.991. The lowest BCUT2D eigenvalue weighted by atomic mass is 9.99. The summed E-state index contributed by atoms with van der Waals surface area (Å²) < 4.78 is 25.7. The molecule has 8 heteroatoms. The second kappa shape index (κ2) is 8.45. The van der Waals surface area contributed by atoms with Gasteiger partial charge in [-0.25, -0.2) is 14.0 Å². The van der Waals surface area contributed by atoms with Gasteiger partial charge in [-0.3, -0.25) is 5.10 Å². The molecular formula is C22H28FN3O4. The smallest absolute Gasteiger partial charge is 0.410 e. The van der Waals surface area contributed by atoms with E-state index in [2.05, 4.69) is 10.2 Å². The number of hydrogen-bond acceptors (Lipinski definition) is 5. The van der Waals surface area contributed by atoms with Crippen molar-refractivity contribution in [1.82, 2.24) is 15.1 Å². The van der Waals surface area contributed by atoms with Gasteiger partial charge in [0.1, 0.15) is 17.0 Å². The van der Waals surface area contributed by atoms with Gasteiger partial charge in [-0.2, -0.15) is 5.10 Å². The third-order valence-corrected chi connectivity index (χ3v) is 4.73. The molecular weight excluding hydrogens is 389 g/mol. The number of halogens is 1. The van der Waals surface area contributed by atoms with Gasteiger partial charge in [0.25, 0.3) is 0 Å². The van der Waals surface area contributed by atoms with E-state index in [1.54, 1.807) is 30.9 Å². The highest BCUT2D eigenvalue weighted by atomic mass is 19.1. The number of carbonyl (C=O) groups is 2. The van der Waals surface area contributed by atoms with Crippen LogP contribution in [0.2, 0.25) is 0 Å². The highest BCUT2D eigenvalue weighted by Gasteiger charge is 2.36. The molecule has 0 aliphatic heterocycles. The Kier molecular flexibility index (Phi) is 6.14. The van der Waals surface area contributed by atoms with Crippen molar-refractivity contribution in [2.75, 3.05) is 6.61 Å².